The number of piperidine rings is 1. The van der Waals surface area contributed by atoms with Gasteiger partial charge in [-0.15, -0.1) is 0 Å². The van der Waals surface area contributed by atoms with Crippen LogP contribution < -0.4 is 0 Å². The van der Waals surface area contributed by atoms with Crippen molar-refractivity contribution >= 4 is 5.91 Å². The molecule has 0 aliphatic carbocycles. The van der Waals surface area contributed by atoms with Gasteiger partial charge in [-0.3, -0.25) is 4.79 Å². The molecule has 0 unspecified atom stereocenters. The maximum absolute atomic E-state index is 12.5. The fraction of sp³-hybridized carbons (Fsp3) is 0.947. The zero-order valence-electron chi connectivity index (χ0n) is 15.3. The molecule has 2 aliphatic rings. The molecule has 2 rings (SSSR count). The van der Waals surface area contributed by atoms with Crippen molar-refractivity contribution in [3.63, 3.8) is 0 Å². The number of methoxy groups -OCH3 is 1. The molecular formula is C19H36N2O2. The highest BCUT2D eigenvalue weighted by Gasteiger charge is 2.26. The van der Waals surface area contributed by atoms with Gasteiger partial charge in [0.25, 0.3) is 0 Å². The Morgan fingerprint density at radius 2 is 1.65 bits per heavy atom. The molecule has 0 spiro atoms. The van der Waals surface area contributed by atoms with Crippen molar-refractivity contribution in [2.24, 2.45) is 11.8 Å². The van der Waals surface area contributed by atoms with Crippen molar-refractivity contribution in [3.8, 4) is 0 Å². The van der Waals surface area contributed by atoms with E-state index in [9.17, 15) is 4.79 Å². The fourth-order valence-electron chi connectivity index (χ4n) is 4.07. The predicted octanol–water partition coefficient (Wildman–Crippen LogP) is 3.16. The van der Waals surface area contributed by atoms with Gasteiger partial charge in [0.05, 0.1) is 0 Å². The number of rotatable bonds is 6. The summed E-state index contributed by atoms with van der Waals surface area (Å²) in [5, 5.41) is 0. The molecule has 1 amide bonds. The number of amides is 1. The van der Waals surface area contributed by atoms with Crippen LogP contribution in [-0.2, 0) is 9.53 Å². The SMILES string of the molecule is COC[C@@H](C)C1CCN(C(=O)CCN2CCCCCCC2)CC1. The molecule has 0 saturated carbocycles. The minimum absolute atomic E-state index is 0.366. The monoisotopic (exact) mass is 324 g/mol. The van der Waals surface area contributed by atoms with Gasteiger partial charge >= 0.3 is 0 Å². The Morgan fingerprint density at radius 3 is 2.26 bits per heavy atom. The first-order valence-electron chi connectivity index (χ1n) is 9.69. The lowest BCUT2D eigenvalue weighted by Crippen LogP contribution is -2.41. The molecule has 4 nitrogen and oxygen atoms in total. The Bertz CT molecular complexity index is 332. The van der Waals surface area contributed by atoms with Crippen molar-refractivity contribution in [3.05, 3.63) is 0 Å². The largest absolute Gasteiger partial charge is 0.384 e. The standard InChI is InChI=1S/C19H36N2O2/c1-17(16-23-2)18-8-14-21(15-9-18)19(22)10-13-20-11-6-4-3-5-7-12-20/h17-18H,3-16H2,1-2H3/t17-/m1/s1. The first-order valence-corrected chi connectivity index (χ1v) is 9.69. The van der Waals surface area contributed by atoms with Crippen LogP contribution in [0.2, 0.25) is 0 Å². The fourth-order valence-corrected chi connectivity index (χ4v) is 4.07. The van der Waals surface area contributed by atoms with Crippen LogP contribution in [0.5, 0.6) is 0 Å². The molecular weight excluding hydrogens is 288 g/mol. The van der Waals surface area contributed by atoms with E-state index in [0.29, 0.717) is 24.2 Å². The maximum Gasteiger partial charge on any atom is 0.223 e. The topological polar surface area (TPSA) is 32.8 Å². The third kappa shape index (κ3) is 6.42. The Labute approximate surface area is 142 Å². The number of hydrogen-bond acceptors (Lipinski definition) is 3. The molecule has 23 heavy (non-hydrogen) atoms. The molecule has 1 atom stereocenters. The second-order valence-electron chi connectivity index (χ2n) is 7.51. The molecule has 0 aromatic heterocycles. The average molecular weight is 325 g/mol. The highest BCUT2D eigenvalue weighted by molar-refractivity contribution is 5.76. The second kappa shape index (κ2) is 10.3. The summed E-state index contributed by atoms with van der Waals surface area (Å²) in [6.45, 7) is 8.32. The molecule has 4 heteroatoms. The van der Waals surface area contributed by atoms with Gasteiger partial charge in [-0.05, 0) is 50.6 Å². The van der Waals surface area contributed by atoms with Crippen molar-refractivity contribution in [1.29, 1.82) is 0 Å². The molecule has 2 saturated heterocycles. The molecule has 0 aromatic rings. The summed E-state index contributed by atoms with van der Waals surface area (Å²) in [5.41, 5.74) is 0. The molecule has 2 heterocycles. The smallest absolute Gasteiger partial charge is 0.223 e. The number of carbonyl (C=O) groups excluding carboxylic acids is 1. The van der Waals surface area contributed by atoms with E-state index in [1.165, 1.54) is 45.2 Å². The van der Waals surface area contributed by atoms with E-state index in [-0.39, 0.29) is 0 Å². The molecule has 0 aromatic carbocycles. The average Bonchev–Trinajstić information content (AvgIpc) is 2.54. The van der Waals surface area contributed by atoms with Crippen LogP contribution in [0.25, 0.3) is 0 Å². The lowest BCUT2D eigenvalue weighted by Gasteiger charge is -2.35. The molecule has 2 fully saturated rings. The summed E-state index contributed by atoms with van der Waals surface area (Å²) in [6.07, 6.45) is 9.70. The summed E-state index contributed by atoms with van der Waals surface area (Å²) >= 11 is 0. The first kappa shape index (κ1) is 18.7. The predicted molar refractivity (Wildman–Crippen MR) is 94.5 cm³/mol. The number of ether oxygens (including phenoxy) is 1. The van der Waals surface area contributed by atoms with E-state index >= 15 is 0 Å². The minimum Gasteiger partial charge on any atom is -0.384 e. The van der Waals surface area contributed by atoms with Gasteiger partial charge in [-0.25, -0.2) is 0 Å². The van der Waals surface area contributed by atoms with Crippen LogP contribution in [0, 0.1) is 11.8 Å². The van der Waals surface area contributed by atoms with Gasteiger partial charge in [0.15, 0.2) is 0 Å². The van der Waals surface area contributed by atoms with E-state index in [0.717, 1.165) is 39.1 Å². The first-order chi connectivity index (χ1) is 11.2. The van der Waals surface area contributed by atoms with E-state index in [4.69, 9.17) is 4.74 Å². The van der Waals surface area contributed by atoms with Gasteiger partial charge in [0.2, 0.25) is 5.91 Å². The van der Waals surface area contributed by atoms with Crippen LogP contribution in [0.1, 0.15) is 58.3 Å². The Balaban J connectivity index is 1.66. The molecule has 0 radical (unpaired) electrons. The Hall–Kier alpha value is -0.610. The van der Waals surface area contributed by atoms with Crippen LogP contribution in [0.15, 0.2) is 0 Å². The highest BCUT2D eigenvalue weighted by atomic mass is 16.5. The van der Waals surface area contributed by atoms with Crippen LogP contribution in [0.3, 0.4) is 0 Å². The van der Waals surface area contributed by atoms with Gasteiger partial charge in [0, 0.05) is 39.8 Å². The lowest BCUT2D eigenvalue weighted by atomic mass is 9.86. The number of carbonyl (C=O) groups is 1. The summed E-state index contributed by atoms with van der Waals surface area (Å²) in [7, 11) is 1.78. The maximum atomic E-state index is 12.5. The normalized spacial score (nSPS) is 23.3. The van der Waals surface area contributed by atoms with E-state index in [2.05, 4.69) is 16.7 Å². The third-order valence-electron chi connectivity index (χ3n) is 5.72. The molecule has 0 N–H and O–H groups in total. The highest BCUT2D eigenvalue weighted by Crippen LogP contribution is 2.25. The second-order valence-corrected chi connectivity index (χ2v) is 7.51. The summed E-state index contributed by atoms with van der Waals surface area (Å²) in [6, 6.07) is 0. The van der Waals surface area contributed by atoms with E-state index < -0.39 is 0 Å². The molecule has 0 bridgehead atoms. The number of nitrogens with zero attached hydrogens (tertiary/aromatic N) is 2. The Morgan fingerprint density at radius 1 is 1.04 bits per heavy atom. The minimum atomic E-state index is 0.366. The number of hydrogen-bond donors (Lipinski definition) is 0. The quantitative estimate of drug-likeness (QED) is 0.752. The zero-order chi connectivity index (χ0) is 16.5. The van der Waals surface area contributed by atoms with Crippen LogP contribution >= 0.6 is 0 Å². The van der Waals surface area contributed by atoms with Gasteiger partial charge in [-0.2, -0.15) is 0 Å². The third-order valence-corrected chi connectivity index (χ3v) is 5.72. The van der Waals surface area contributed by atoms with Crippen molar-refractivity contribution in [2.45, 2.75) is 58.3 Å². The lowest BCUT2D eigenvalue weighted by molar-refractivity contribution is -0.133. The van der Waals surface area contributed by atoms with Crippen molar-refractivity contribution in [1.82, 2.24) is 9.80 Å². The van der Waals surface area contributed by atoms with Gasteiger partial charge in [-0.1, -0.05) is 26.2 Å². The van der Waals surface area contributed by atoms with Crippen molar-refractivity contribution in [2.75, 3.05) is 46.4 Å². The number of likely N-dealkylation sites (tertiary alicyclic amines) is 2. The van der Waals surface area contributed by atoms with Crippen molar-refractivity contribution < 1.29 is 9.53 Å². The van der Waals surface area contributed by atoms with Crippen LogP contribution in [0.4, 0.5) is 0 Å². The summed E-state index contributed by atoms with van der Waals surface area (Å²) in [5.74, 6) is 1.69. The van der Waals surface area contributed by atoms with Crippen LogP contribution in [-0.4, -0.2) is 62.1 Å². The van der Waals surface area contributed by atoms with Gasteiger partial charge in [0.1, 0.15) is 0 Å². The van der Waals surface area contributed by atoms with Gasteiger partial charge < -0.3 is 14.5 Å². The Kier molecular flexibility index (Phi) is 8.38. The molecule has 2 aliphatic heterocycles. The zero-order valence-corrected chi connectivity index (χ0v) is 15.3. The summed E-state index contributed by atoms with van der Waals surface area (Å²) in [4.78, 5) is 17.1. The van der Waals surface area contributed by atoms with E-state index in [1.807, 2.05) is 0 Å². The summed E-state index contributed by atoms with van der Waals surface area (Å²) < 4.78 is 5.27. The molecule has 134 valence electrons. The van der Waals surface area contributed by atoms with E-state index in [1.54, 1.807) is 7.11 Å².